The highest BCUT2D eigenvalue weighted by Gasteiger charge is 2.38. The van der Waals surface area contributed by atoms with Crippen LogP contribution in [0.4, 0.5) is 23.7 Å². The van der Waals surface area contributed by atoms with Gasteiger partial charge in [-0.3, -0.25) is 4.72 Å². The van der Waals surface area contributed by atoms with Gasteiger partial charge < -0.3 is 9.64 Å². The van der Waals surface area contributed by atoms with Gasteiger partial charge in [0, 0.05) is 30.3 Å². The number of likely N-dealkylation sites (tertiary alicyclic amines) is 1. The van der Waals surface area contributed by atoms with Crippen LogP contribution in [0.5, 0.6) is 0 Å². The van der Waals surface area contributed by atoms with E-state index in [0.717, 1.165) is 24.3 Å². The summed E-state index contributed by atoms with van der Waals surface area (Å²) < 4.78 is 78.1. The highest BCUT2D eigenvalue weighted by Crippen LogP contribution is 2.45. The molecule has 45 heavy (non-hydrogen) atoms. The Labute approximate surface area is 267 Å². The van der Waals surface area contributed by atoms with Gasteiger partial charge in [0.1, 0.15) is 17.2 Å². The van der Waals surface area contributed by atoms with E-state index in [2.05, 4.69) is 9.97 Å². The zero-order valence-corrected chi connectivity index (χ0v) is 27.1. The standard InChI is InChI=1S/C30H29ClF3N5O4S2/c1-29(2,3)43-28(40)39-15-12-30(4,13-16-39)26-37-23(24(44-26)21-11-14-35-27(31)36-21)17-7-5-10-20(22(17)34)38-45(41,42)25-18(32)8-6-9-19(25)33/h5-11,14,38H,12-13,15-16H2,1-4H3. The fraction of sp³-hybridized carbons (Fsp3) is 0.333. The zero-order valence-electron chi connectivity index (χ0n) is 24.7. The van der Waals surface area contributed by atoms with Crippen molar-refractivity contribution in [2.24, 2.45) is 0 Å². The van der Waals surface area contributed by atoms with Crippen LogP contribution in [-0.2, 0) is 20.2 Å². The van der Waals surface area contributed by atoms with E-state index in [9.17, 15) is 22.0 Å². The number of ether oxygens (including phenoxy) is 1. The molecule has 0 saturated carbocycles. The fourth-order valence-electron chi connectivity index (χ4n) is 4.85. The molecule has 0 radical (unpaired) electrons. The number of hydrogen-bond acceptors (Lipinski definition) is 8. The quantitative estimate of drug-likeness (QED) is 0.211. The van der Waals surface area contributed by atoms with E-state index in [-0.39, 0.29) is 16.5 Å². The Morgan fingerprint density at radius 2 is 1.69 bits per heavy atom. The molecule has 9 nitrogen and oxygen atoms in total. The van der Waals surface area contributed by atoms with Gasteiger partial charge in [-0.15, -0.1) is 11.3 Å². The number of hydrogen-bond donors (Lipinski definition) is 1. The van der Waals surface area contributed by atoms with Gasteiger partial charge in [-0.1, -0.05) is 19.1 Å². The second-order valence-corrected chi connectivity index (χ2v) is 14.7. The number of anilines is 1. The first-order valence-electron chi connectivity index (χ1n) is 13.8. The van der Waals surface area contributed by atoms with Crippen LogP contribution in [0, 0.1) is 17.5 Å². The summed E-state index contributed by atoms with van der Waals surface area (Å²) in [6.45, 7) is 8.22. The van der Waals surface area contributed by atoms with Crippen LogP contribution in [0.15, 0.2) is 53.6 Å². The van der Waals surface area contributed by atoms with Gasteiger partial charge >= 0.3 is 6.09 Å². The Morgan fingerprint density at radius 1 is 1.04 bits per heavy atom. The lowest BCUT2D eigenvalue weighted by atomic mass is 9.81. The molecule has 2 aromatic heterocycles. The number of aromatic nitrogens is 3. The molecule has 5 rings (SSSR count). The molecule has 1 amide bonds. The topological polar surface area (TPSA) is 114 Å². The Bertz CT molecular complexity index is 1850. The van der Waals surface area contributed by atoms with Crippen LogP contribution in [0.25, 0.3) is 21.8 Å². The van der Waals surface area contributed by atoms with Gasteiger partial charge in [0.2, 0.25) is 5.28 Å². The highest BCUT2D eigenvalue weighted by molar-refractivity contribution is 7.92. The predicted octanol–water partition coefficient (Wildman–Crippen LogP) is 7.43. The zero-order chi connectivity index (χ0) is 32.7. The number of carbonyl (C=O) groups excluding carboxylic acids is 1. The molecule has 1 fully saturated rings. The summed E-state index contributed by atoms with van der Waals surface area (Å²) in [6, 6.07) is 8.13. The maximum Gasteiger partial charge on any atom is 0.410 e. The van der Waals surface area contributed by atoms with Crippen LogP contribution in [0.1, 0.15) is 45.5 Å². The fourth-order valence-corrected chi connectivity index (χ4v) is 7.45. The minimum absolute atomic E-state index is 0.0424. The Hall–Kier alpha value is -3.75. The number of sulfonamides is 1. The monoisotopic (exact) mass is 679 g/mol. The molecule has 4 aromatic rings. The molecule has 1 aliphatic rings. The van der Waals surface area contributed by atoms with Crippen LogP contribution < -0.4 is 4.72 Å². The Balaban J connectivity index is 1.53. The van der Waals surface area contributed by atoms with Crippen molar-refractivity contribution >= 4 is 44.7 Å². The predicted molar refractivity (Wildman–Crippen MR) is 165 cm³/mol. The van der Waals surface area contributed by atoms with E-state index < -0.39 is 55.2 Å². The highest BCUT2D eigenvalue weighted by atomic mass is 35.5. The van der Waals surface area contributed by atoms with E-state index >= 15 is 4.39 Å². The van der Waals surface area contributed by atoms with Gasteiger partial charge in [-0.2, -0.15) is 0 Å². The molecule has 0 aliphatic carbocycles. The third-order valence-corrected chi connectivity index (χ3v) is 10.2. The Kier molecular flexibility index (Phi) is 8.86. The average molecular weight is 680 g/mol. The van der Waals surface area contributed by atoms with Gasteiger partial charge in [0.25, 0.3) is 10.0 Å². The number of benzene rings is 2. The molecule has 1 saturated heterocycles. The largest absolute Gasteiger partial charge is 0.444 e. The van der Waals surface area contributed by atoms with Crippen LogP contribution >= 0.6 is 22.9 Å². The molecule has 1 N–H and O–H groups in total. The first kappa shape index (κ1) is 32.6. The smallest absolute Gasteiger partial charge is 0.410 e. The van der Waals surface area contributed by atoms with Crippen molar-refractivity contribution in [3.63, 3.8) is 0 Å². The number of halogens is 4. The van der Waals surface area contributed by atoms with Gasteiger partial charge in [-0.05, 0) is 75.5 Å². The van der Waals surface area contributed by atoms with Crippen molar-refractivity contribution in [1.82, 2.24) is 19.9 Å². The van der Waals surface area contributed by atoms with E-state index in [1.54, 1.807) is 31.7 Å². The summed E-state index contributed by atoms with van der Waals surface area (Å²) in [4.78, 5) is 26.6. The number of carbonyl (C=O) groups is 1. The lowest BCUT2D eigenvalue weighted by Gasteiger charge is -2.38. The molecular weight excluding hydrogens is 651 g/mol. The van der Waals surface area contributed by atoms with E-state index in [1.807, 2.05) is 11.6 Å². The van der Waals surface area contributed by atoms with E-state index in [0.29, 0.717) is 41.5 Å². The van der Waals surface area contributed by atoms with E-state index in [1.165, 1.54) is 29.7 Å². The second-order valence-electron chi connectivity index (χ2n) is 11.8. The van der Waals surface area contributed by atoms with Crippen LogP contribution in [0.2, 0.25) is 5.28 Å². The van der Waals surface area contributed by atoms with Gasteiger partial charge in [0.15, 0.2) is 10.7 Å². The number of thiazole rings is 1. The summed E-state index contributed by atoms with van der Waals surface area (Å²) in [6.07, 6.45) is 2.12. The summed E-state index contributed by atoms with van der Waals surface area (Å²) in [5.41, 5.74) is -1.23. The molecule has 238 valence electrons. The SMILES string of the molecule is CC(C)(C)OC(=O)N1CCC(C)(c2nc(-c3cccc(NS(=O)(=O)c4c(F)cccc4F)c3F)c(-c3ccnc(Cl)n3)s2)CC1. The normalized spacial score (nSPS) is 15.2. The molecule has 3 heterocycles. The van der Waals surface area contributed by atoms with E-state index in [4.69, 9.17) is 21.3 Å². The van der Waals surface area contributed by atoms with Crippen LogP contribution in [0.3, 0.4) is 0 Å². The Morgan fingerprint density at radius 3 is 2.31 bits per heavy atom. The van der Waals surface area contributed by atoms with Crippen molar-refractivity contribution in [3.05, 3.63) is 76.4 Å². The van der Waals surface area contributed by atoms with Crippen molar-refractivity contribution in [1.29, 1.82) is 0 Å². The van der Waals surface area contributed by atoms with Crippen molar-refractivity contribution < 1.29 is 31.1 Å². The summed E-state index contributed by atoms with van der Waals surface area (Å²) in [7, 11) is -4.85. The average Bonchev–Trinajstić information content (AvgIpc) is 3.40. The minimum Gasteiger partial charge on any atom is -0.444 e. The molecule has 0 spiro atoms. The lowest BCUT2D eigenvalue weighted by molar-refractivity contribution is 0.0171. The summed E-state index contributed by atoms with van der Waals surface area (Å²) >= 11 is 7.35. The third kappa shape index (κ3) is 6.92. The molecule has 0 unspecified atom stereocenters. The molecule has 0 atom stereocenters. The number of rotatable bonds is 6. The molecule has 1 aliphatic heterocycles. The van der Waals surface area contributed by atoms with Crippen molar-refractivity contribution in [2.75, 3.05) is 17.8 Å². The van der Waals surface area contributed by atoms with Crippen molar-refractivity contribution in [3.8, 4) is 21.8 Å². The molecule has 0 bridgehead atoms. The maximum absolute atomic E-state index is 16.1. The molecule has 2 aromatic carbocycles. The minimum atomic E-state index is -4.85. The maximum atomic E-state index is 16.1. The molecule has 15 heteroatoms. The summed E-state index contributed by atoms with van der Waals surface area (Å²) in [5, 5.41) is 0.601. The van der Waals surface area contributed by atoms with Gasteiger partial charge in [-0.25, -0.2) is 41.3 Å². The number of nitrogens with zero attached hydrogens (tertiary/aromatic N) is 4. The summed E-state index contributed by atoms with van der Waals surface area (Å²) in [5.74, 6) is -3.66. The third-order valence-electron chi connectivity index (χ3n) is 7.21. The van der Waals surface area contributed by atoms with Crippen LogP contribution in [-0.4, -0.2) is 53.1 Å². The van der Waals surface area contributed by atoms with Gasteiger partial charge in [0.05, 0.1) is 27.0 Å². The second kappa shape index (κ2) is 12.2. The lowest BCUT2D eigenvalue weighted by Crippen LogP contribution is -2.45. The number of amides is 1. The first-order valence-corrected chi connectivity index (χ1v) is 16.5. The first-order chi connectivity index (χ1) is 21.1. The number of nitrogens with one attached hydrogen (secondary N) is 1. The number of piperidine rings is 1. The molecular formula is C30H29ClF3N5O4S2. The van der Waals surface area contributed by atoms with Crippen molar-refractivity contribution in [2.45, 2.75) is 56.4 Å².